The van der Waals surface area contributed by atoms with Gasteiger partial charge >= 0.3 is 0 Å². The van der Waals surface area contributed by atoms with Crippen molar-refractivity contribution in [3.05, 3.63) is 48.0 Å². The summed E-state index contributed by atoms with van der Waals surface area (Å²) in [6, 6.07) is 5.90. The van der Waals surface area contributed by atoms with Crippen LogP contribution in [-0.2, 0) is 0 Å². The Bertz CT molecular complexity index is 642. The van der Waals surface area contributed by atoms with Gasteiger partial charge in [0.15, 0.2) is 0 Å². The number of aliphatic hydroxyl groups excluding tert-OH is 1. The van der Waals surface area contributed by atoms with Crippen molar-refractivity contribution in [3.8, 4) is 5.69 Å². The molecule has 0 saturated carbocycles. The van der Waals surface area contributed by atoms with E-state index in [1.54, 1.807) is 35.5 Å². The van der Waals surface area contributed by atoms with Crippen LogP contribution in [0.5, 0.6) is 0 Å². The Morgan fingerprint density at radius 2 is 2.33 bits per heavy atom. The predicted octanol–water partition coefficient (Wildman–Crippen LogP) is 1.61. The van der Waals surface area contributed by atoms with Crippen molar-refractivity contribution in [2.24, 2.45) is 0 Å². The van der Waals surface area contributed by atoms with Crippen LogP contribution in [0.3, 0.4) is 0 Å². The maximum absolute atomic E-state index is 14.2. The molecule has 1 aliphatic rings. The highest BCUT2D eigenvalue weighted by Crippen LogP contribution is 2.21. The van der Waals surface area contributed by atoms with Crippen molar-refractivity contribution in [2.45, 2.75) is 18.9 Å². The number of carbonyl (C=O) groups excluding carboxylic acids is 1. The maximum atomic E-state index is 14.2. The number of nitrogens with zero attached hydrogens (tertiary/aromatic N) is 3. The lowest BCUT2D eigenvalue weighted by molar-refractivity contribution is 0.0677. The minimum absolute atomic E-state index is 0.0560. The minimum Gasteiger partial charge on any atom is -0.394 e. The molecule has 110 valence electrons. The van der Waals surface area contributed by atoms with Crippen molar-refractivity contribution in [1.29, 1.82) is 0 Å². The number of amides is 1. The topological polar surface area (TPSA) is 58.4 Å². The first-order valence-electron chi connectivity index (χ1n) is 6.92. The molecule has 1 saturated heterocycles. The minimum atomic E-state index is -0.496. The predicted molar refractivity (Wildman–Crippen MR) is 74.7 cm³/mol. The normalized spacial score (nSPS) is 18.2. The number of likely N-dealkylation sites (tertiary alicyclic amines) is 1. The average molecular weight is 289 g/mol. The van der Waals surface area contributed by atoms with E-state index in [9.17, 15) is 14.3 Å². The second-order valence-electron chi connectivity index (χ2n) is 5.09. The number of rotatable bonds is 3. The highest BCUT2D eigenvalue weighted by molar-refractivity contribution is 5.94. The average Bonchev–Trinajstić information content (AvgIpc) is 3.17. The molecule has 1 N–H and O–H groups in total. The van der Waals surface area contributed by atoms with Gasteiger partial charge in [-0.15, -0.1) is 0 Å². The van der Waals surface area contributed by atoms with Gasteiger partial charge in [0, 0.05) is 24.5 Å². The fraction of sp³-hybridized carbons (Fsp3) is 0.333. The van der Waals surface area contributed by atoms with Crippen LogP contribution in [0.1, 0.15) is 23.2 Å². The lowest BCUT2D eigenvalue weighted by atomic mass is 10.1. The second-order valence-corrected chi connectivity index (χ2v) is 5.09. The van der Waals surface area contributed by atoms with Gasteiger partial charge in [-0.1, -0.05) is 0 Å². The third-order valence-electron chi connectivity index (χ3n) is 3.79. The summed E-state index contributed by atoms with van der Waals surface area (Å²) in [6.07, 6.45) is 4.86. The highest BCUT2D eigenvalue weighted by atomic mass is 19.1. The summed E-state index contributed by atoms with van der Waals surface area (Å²) in [6.45, 7) is 0.548. The summed E-state index contributed by atoms with van der Waals surface area (Å²) in [5, 5.41) is 13.2. The van der Waals surface area contributed by atoms with Crippen LogP contribution in [0.2, 0.25) is 0 Å². The van der Waals surface area contributed by atoms with E-state index < -0.39 is 5.82 Å². The van der Waals surface area contributed by atoms with E-state index in [2.05, 4.69) is 5.10 Å². The number of aromatic nitrogens is 2. The van der Waals surface area contributed by atoms with Crippen LogP contribution in [0.15, 0.2) is 36.7 Å². The zero-order valence-electron chi connectivity index (χ0n) is 11.4. The van der Waals surface area contributed by atoms with Crippen molar-refractivity contribution in [3.63, 3.8) is 0 Å². The molecule has 0 bridgehead atoms. The highest BCUT2D eigenvalue weighted by Gasteiger charge is 2.29. The van der Waals surface area contributed by atoms with Crippen molar-refractivity contribution >= 4 is 5.91 Å². The van der Waals surface area contributed by atoms with Crippen LogP contribution >= 0.6 is 0 Å². The third kappa shape index (κ3) is 2.54. The molecule has 2 heterocycles. The van der Waals surface area contributed by atoms with Crippen molar-refractivity contribution in [1.82, 2.24) is 14.7 Å². The summed E-state index contributed by atoms with van der Waals surface area (Å²) in [5.41, 5.74) is 0.598. The molecule has 6 heteroatoms. The lowest BCUT2D eigenvalue weighted by Gasteiger charge is -2.23. The van der Waals surface area contributed by atoms with Gasteiger partial charge in [-0.25, -0.2) is 9.07 Å². The first kappa shape index (κ1) is 13.8. The van der Waals surface area contributed by atoms with Gasteiger partial charge in [-0.3, -0.25) is 4.79 Å². The van der Waals surface area contributed by atoms with Crippen LogP contribution in [0.25, 0.3) is 5.69 Å². The molecule has 0 spiro atoms. The lowest BCUT2D eigenvalue weighted by Crippen LogP contribution is -2.37. The largest absolute Gasteiger partial charge is 0.394 e. The standard InChI is InChI=1S/C15H16FN3O2/c16-13-9-11(4-5-14(13)19-8-2-6-17-19)15(21)18-7-1-3-12(18)10-20/h2,4-6,8-9,12,20H,1,3,7,10H2. The third-order valence-corrected chi connectivity index (χ3v) is 3.79. The van der Waals surface area contributed by atoms with Crippen LogP contribution in [-0.4, -0.2) is 44.9 Å². The van der Waals surface area contributed by atoms with E-state index in [4.69, 9.17) is 0 Å². The van der Waals surface area contributed by atoms with Crippen LogP contribution in [0, 0.1) is 5.82 Å². The van der Waals surface area contributed by atoms with Gasteiger partial charge < -0.3 is 10.0 Å². The molecule has 0 aliphatic carbocycles. The molecule has 1 aromatic heterocycles. The fourth-order valence-corrected chi connectivity index (χ4v) is 2.70. The first-order valence-corrected chi connectivity index (χ1v) is 6.92. The number of benzene rings is 1. The summed E-state index contributed by atoms with van der Waals surface area (Å²) in [4.78, 5) is 14.0. The van der Waals surface area contributed by atoms with Gasteiger partial charge in [0.1, 0.15) is 11.5 Å². The van der Waals surface area contributed by atoms with Gasteiger partial charge in [0.2, 0.25) is 0 Å². The number of halogens is 1. The Morgan fingerprint density at radius 1 is 1.48 bits per heavy atom. The van der Waals surface area contributed by atoms with Gasteiger partial charge in [-0.2, -0.15) is 5.10 Å². The number of aliphatic hydroxyl groups is 1. The van der Waals surface area contributed by atoms with Gasteiger partial charge in [0.05, 0.1) is 12.6 Å². The number of carbonyl (C=O) groups is 1. The molecule has 1 amide bonds. The van der Waals surface area contributed by atoms with Crippen molar-refractivity contribution in [2.75, 3.05) is 13.2 Å². The van der Waals surface area contributed by atoms with E-state index in [0.717, 1.165) is 12.8 Å². The molecule has 3 rings (SSSR count). The zero-order chi connectivity index (χ0) is 14.8. The molecule has 1 aromatic carbocycles. The molecule has 1 unspecified atom stereocenters. The molecular weight excluding hydrogens is 273 g/mol. The van der Waals surface area contributed by atoms with E-state index >= 15 is 0 Å². The molecule has 0 radical (unpaired) electrons. The molecule has 2 aromatic rings. The summed E-state index contributed by atoms with van der Waals surface area (Å²) >= 11 is 0. The van der Waals surface area contributed by atoms with Crippen molar-refractivity contribution < 1.29 is 14.3 Å². The number of hydrogen-bond acceptors (Lipinski definition) is 3. The quantitative estimate of drug-likeness (QED) is 0.934. The van der Waals surface area contributed by atoms with E-state index in [1.807, 2.05) is 0 Å². The Balaban J connectivity index is 1.87. The molecule has 1 aliphatic heterocycles. The van der Waals surface area contributed by atoms with E-state index in [1.165, 1.54) is 10.7 Å². The van der Waals surface area contributed by atoms with Gasteiger partial charge in [-0.05, 0) is 37.1 Å². The first-order chi connectivity index (χ1) is 10.2. The molecular formula is C15H16FN3O2. The summed E-state index contributed by atoms with van der Waals surface area (Å²) < 4.78 is 15.6. The molecule has 1 fully saturated rings. The molecule has 21 heavy (non-hydrogen) atoms. The Morgan fingerprint density at radius 3 is 3.00 bits per heavy atom. The maximum Gasteiger partial charge on any atom is 0.254 e. The monoisotopic (exact) mass is 289 g/mol. The Labute approximate surface area is 121 Å². The van der Waals surface area contributed by atoms with Crippen LogP contribution in [0.4, 0.5) is 4.39 Å². The van der Waals surface area contributed by atoms with Crippen LogP contribution < -0.4 is 0 Å². The van der Waals surface area contributed by atoms with E-state index in [-0.39, 0.29) is 18.6 Å². The zero-order valence-corrected chi connectivity index (χ0v) is 11.4. The fourth-order valence-electron chi connectivity index (χ4n) is 2.70. The van der Waals surface area contributed by atoms with Gasteiger partial charge in [0.25, 0.3) is 5.91 Å². The second kappa shape index (κ2) is 5.65. The smallest absolute Gasteiger partial charge is 0.254 e. The number of hydrogen-bond donors (Lipinski definition) is 1. The SMILES string of the molecule is O=C(c1ccc(-n2cccn2)c(F)c1)N1CCCC1CO. The van der Waals surface area contributed by atoms with E-state index in [0.29, 0.717) is 17.8 Å². The Kier molecular flexibility index (Phi) is 3.70. The molecule has 1 atom stereocenters. The summed E-state index contributed by atoms with van der Waals surface area (Å²) in [7, 11) is 0. The summed E-state index contributed by atoms with van der Waals surface area (Å²) in [5.74, 6) is -0.734. The Hall–Kier alpha value is -2.21. The molecule has 5 nitrogen and oxygen atoms in total.